The first kappa shape index (κ1) is 33.4. The molecule has 0 bridgehead atoms. The first-order valence-corrected chi connectivity index (χ1v) is 15.7. The normalized spacial score (nSPS) is 12.2. The molecule has 4 nitrogen and oxygen atoms in total. The fourth-order valence-electron chi connectivity index (χ4n) is 2.54. The minimum absolute atomic E-state index is 0.0709. The van der Waals surface area contributed by atoms with Crippen molar-refractivity contribution in [3.8, 4) is 0 Å². The number of carbonyl (C=O) groups is 2. The van der Waals surface area contributed by atoms with Crippen molar-refractivity contribution < 1.29 is 19.8 Å². The van der Waals surface area contributed by atoms with Gasteiger partial charge in [0.15, 0.2) is 0 Å². The Morgan fingerprint density at radius 1 is 0.690 bits per heavy atom. The van der Waals surface area contributed by atoms with Crippen molar-refractivity contribution in [2.75, 3.05) is 0 Å². The van der Waals surface area contributed by atoms with E-state index < -0.39 is 11.9 Å². The van der Waals surface area contributed by atoms with Crippen LogP contribution in [-0.2, 0) is 9.59 Å². The Morgan fingerprint density at radius 3 is 1.17 bits per heavy atom. The number of carboxylic acid groups (broad SMARTS) is 2. The molecular weight excluding hydrogens is 471 g/mol. The minimum atomic E-state index is -0.893. The summed E-state index contributed by atoms with van der Waals surface area (Å²) in [7, 11) is 0. The average molecular weight is 519 g/mol. The predicted molar refractivity (Wildman–Crippen MR) is 122 cm³/mol. The van der Waals surface area contributed by atoms with Crippen molar-refractivity contribution >= 4 is 33.1 Å². The third-order valence-electron chi connectivity index (χ3n) is 4.57. The smallest absolute Gasteiger partial charge is 0.0445 e. The van der Waals surface area contributed by atoms with Gasteiger partial charge in [-0.05, 0) is 37.5 Å². The van der Waals surface area contributed by atoms with Gasteiger partial charge in [0.2, 0.25) is 0 Å². The average Bonchev–Trinajstić information content (AvgIpc) is 2.63. The molecule has 0 aromatic heterocycles. The van der Waals surface area contributed by atoms with E-state index in [9.17, 15) is 19.8 Å². The summed E-state index contributed by atoms with van der Waals surface area (Å²) in [6.07, 6.45) is 7.04. The maximum absolute atomic E-state index is 10.3. The largest absolute Gasteiger partial charge is 0.550 e. The van der Waals surface area contributed by atoms with Crippen LogP contribution < -0.4 is 10.2 Å². The van der Waals surface area contributed by atoms with Crippen molar-refractivity contribution in [1.82, 2.24) is 0 Å². The van der Waals surface area contributed by atoms with Gasteiger partial charge < -0.3 is 19.8 Å². The van der Waals surface area contributed by atoms with Crippen LogP contribution in [0.15, 0.2) is 0 Å². The Hall–Kier alpha value is -0.261. The second-order valence-electron chi connectivity index (χ2n) is 8.58. The van der Waals surface area contributed by atoms with Crippen LogP contribution in [0.25, 0.3) is 0 Å². The summed E-state index contributed by atoms with van der Waals surface area (Å²) in [4.78, 5) is 20.7. The Morgan fingerprint density at radius 2 is 1.00 bits per heavy atom. The van der Waals surface area contributed by atoms with Gasteiger partial charge in [-0.1, -0.05) is 53.4 Å². The Labute approximate surface area is 191 Å². The van der Waals surface area contributed by atoms with E-state index in [1.54, 1.807) is 8.87 Å². The number of rotatable bonds is 14. The summed E-state index contributed by atoms with van der Waals surface area (Å²) in [5, 5.41) is 20.7. The van der Waals surface area contributed by atoms with E-state index in [2.05, 4.69) is 41.5 Å². The minimum Gasteiger partial charge on any atom is -0.550 e. The molecule has 29 heavy (non-hydrogen) atoms. The van der Waals surface area contributed by atoms with Gasteiger partial charge >= 0.3 is 69.5 Å². The summed E-state index contributed by atoms with van der Waals surface area (Å²) < 4.78 is 3.14. The fourth-order valence-corrected chi connectivity index (χ4v) is 6.31. The molecule has 5 heteroatoms. The maximum Gasteiger partial charge on any atom is 0.0445 e. The molecular formula is C24H48O4Sn. The molecule has 172 valence electrons. The van der Waals surface area contributed by atoms with E-state index in [0.717, 1.165) is 50.4 Å². The predicted octanol–water partition coefficient (Wildman–Crippen LogP) is 4.74. The van der Waals surface area contributed by atoms with Gasteiger partial charge in [0.05, 0.1) is 0 Å². The van der Waals surface area contributed by atoms with E-state index in [0.29, 0.717) is 12.8 Å². The Bertz CT molecular complexity index is 336. The van der Waals surface area contributed by atoms with Gasteiger partial charge in [-0.3, -0.25) is 0 Å². The van der Waals surface area contributed by atoms with Gasteiger partial charge in [-0.25, -0.2) is 0 Å². The molecule has 0 aliphatic heterocycles. The van der Waals surface area contributed by atoms with E-state index in [1.807, 2.05) is 13.8 Å². The zero-order valence-electron chi connectivity index (χ0n) is 20.5. The zero-order valence-corrected chi connectivity index (χ0v) is 23.4. The van der Waals surface area contributed by atoms with Crippen molar-refractivity contribution in [3.05, 3.63) is 0 Å². The molecule has 0 aliphatic carbocycles. The standard InChI is InChI=1S/2C8H16O2.2C4H9.Sn/c2*1-3-5-6-7(4-2)8(9)10;2*1-4(2)3;/h2*7H,3-6H2,1-2H3,(H,9,10);2*4H,1H2,2-3H3;/q;;;;+2/p-2. The summed E-state index contributed by atoms with van der Waals surface area (Å²) in [5.74, 6) is -0.294. The number of hydrogen-bond acceptors (Lipinski definition) is 4. The van der Waals surface area contributed by atoms with Crippen LogP contribution in [0.3, 0.4) is 0 Å². The van der Waals surface area contributed by atoms with E-state index in [1.165, 1.54) is 0 Å². The summed E-state index contributed by atoms with van der Waals surface area (Å²) in [6.45, 7) is 17.2. The Kier molecular flexibility index (Phi) is 27.6. The van der Waals surface area contributed by atoms with E-state index in [-0.39, 0.29) is 33.0 Å². The molecule has 0 saturated carbocycles. The summed E-state index contributed by atoms with van der Waals surface area (Å²) in [6, 6.07) is 0. The third-order valence-corrected chi connectivity index (χ3v) is 10.9. The van der Waals surface area contributed by atoms with Gasteiger partial charge in [-0.2, -0.15) is 0 Å². The molecule has 0 rings (SSSR count). The molecule has 0 heterocycles. The number of unbranched alkanes of at least 4 members (excludes halogenated alkanes) is 2. The van der Waals surface area contributed by atoms with Gasteiger partial charge in [-0.15, -0.1) is 0 Å². The van der Waals surface area contributed by atoms with Gasteiger partial charge in [0.1, 0.15) is 0 Å². The van der Waals surface area contributed by atoms with Crippen LogP contribution in [-0.4, -0.2) is 33.1 Å². The molecule has 0 amide bonds. The van der Waals surface area contributed by atoms with Crippen LogP contribution in [0.4, 0.5) is 0 Å². The van der Waals surface area contributed by atoms with E-state index in [4.69, 9.17) is 0 Å². The first-order chi connectivity index (χ1) is 13.6. The first-order valence-electron chi connectivity index (χ1n) is 11.7. The molecule has 0 aromatic rings. The second kappa shape index (κ2) is 24.0. The monoisotopic (exact) mass is 520 g/mol. The quantitative estimate of drug-likeness (QED) is 0.311. The molecule has 2 atom stereocenters. The van der Waals surface area contributed by atoms with Crippen LogP contribution in [0.1, 0.15) is 107 Å². The Balaban J connectivity index is -0.000000350. The summed E-state index contributed by atoms with van der Waals surface area (Å²) >= 11 is 0.0709. The molecule has 0 spiro atoms. The summed E-state index contributed by atoms with van der Waals surface area (Å²) in [5.41, 5.74) is 0. The van der Waals surface area contributed by atoms with Crippen LogP contribution in [0, 0.1) is 23.7 Å². The van der Waals surface area contributed by atoms with Crippen LogP contribution in [0.5, 0.6) is 0 Å². The molecule has 0 N–H and O–H groups in total. The SMILES string of the molecule is CC(C)[CH2][Sn+2][CH2]C(C)C.CCCCC(CC)C(=O)[O-].CCCCC(CC)C(=O)[O-]. The number of carbonyl (C=O) groups excluding carboxylic acids is 2. The van der Waals surface area contributed by atoms with Crippen molar-refractivity contribution in [2.45, 2.75) is 116 Å². The maximum atomic E-state index is 10.3. The van der Waals surface area contributed by atoms with Crippen molar-refractivity contribution in [3.63, 3.8) is 0 Å². The number of carboxylic acids is 2. The van der Waals surface area contributed by atoms with E-state index >= 15 is 0 Å². The topological polar surface area (TPSA) is 80.3 Å². The molecule has 2 unspecified atom stereocenters. The molecule has 0 fully saturated rings. The third kappa shape index (κ3) is 27.7. The van der Waals surface area contributed by atoms with Crippen LogP contribution >= 0.6 is 0 Å². The second-order valence-corrected chi connectivity index (χ2v) is 12.3. The van der Waals surface area contributed by atoms with Gasteiger partial charge in [0, 0.05) is 11.9 Å². The van der Waals surface area contributed by atoms with Gasteiger partial charge in [0.25, 0.3) is 0 Å². The molecule has 0 radical (unpaired) electrons. The van der Waals surface area contributed by atoms with Crippen molar-refractivity contribution in [1.29, 1.82) is 0 Å². The van der Waals surface area contributed by atoms with Crippen LogP contribution in [0.2, 0.25) is 8.87 Å². The molecule has 0 aliphatic rings. The van der Waals surface area contributed by atoms with Crippen molar-refractivity contribution in [2.24, 2.45) is 23.7 Å². The zero-order chi connectivity index (χ0) is 23.2. The molecule has 0 aromatic carbocycles. The number of hydrogen-bond donors (Lipinski definition) is 0. The fraction of sp³-hybridized carbons (Fsp3) is 0.917. The molecule has 0 saturated heterocycles. The number of aliphatic carboxylic acids is 2.